The number of benzene rings is 1. The molecule has 2 nitrogen and oxygen atoms in total. The minimum atomic E-state index is -0.974. The van der Waals surface area contributed by atoms with Crippen LogP contribution in [0.25, 0.3) is 0 Å². The minimum Gasteiger partial charge on any atom is -0.355 e. The third-order valence-electron chi connectivity index (χ3n) is 1.80. The molecule has 1 N–H and O–H groups in total. The molecule has 1 rings (SSSR count). The first-order valence-electron chi connectivity index (χ1n) is 4.40. The average molecular weight is 234 g/mol. The van der Waals surface area contributed by atoms with E-state index in [-0.39, 0.29) is 23.8 Å². The molecule has 0 saturated heterocycles. The molecule has 0 aliphatic carbocycles. The first kappa shape index (κ1) is 11.9. The van der Waals surface area contributed by atoms with E-state index in [1.165, 1.54) is 12.1 Å². The summed E-state index contributed by atoms with van der Waals surface area (Å²) in [4.78, 5) is 11.2. The lowest BCUT2D eigenvalue weighted by Gasteiger charge is -2.04. The lowest BCUT2D eigenvalue weighted by molar-refractivity contribution is -0.120. The summed E-state index contributed by atoms with van der Waals surface area (Å²) >= 11 is 5.36. The highest BCUT2D eigenvalue weighted by molar-refractivity contribution is 6.18. The highest BCUT2D eigenvalue weighted by Gasteiger charge is 2.10. The summed E-state index contributed by atoms with van der Waals surface area (Å²) < 4.78 is 25.9. The highest BCUT2D eigenvalue weighted by Crippen LogP contribution is 2.11. The molecule has 1 amide bonds. The second kappa shape index (κ2) is 5.66. The fourth-order valence-corrected chi connectivity index (χ4v) is 1.20. The van der Waals surface area contributed by atoms with Crippen molar-refractivity contribution in [3.63, 3.8) is 0 Å². The van der Waals surface area contributed by atoms with Crippen molar-refractivity contribution in [2.75, 3.05) is 12.4 Å². The van der Waals surface area contributed by atoms with E-state index < -0.39 is 11.6 Å². The van der Waals surface area contributed by atoms with Crippen LogP contribution in [-0.4, -0.2) is 18.3 Å². The second-order valence-electron chi connectivity index (χ2n) is 2.93. The number of rotatable bonds is 4. The Hall–Kier alpha value is -1.16. The Morgan fingerprint density at radius 1 is 1.40 bits per heavy atom. The van der Waals surface area contributed by atoms with E-state index >= 15 is 0 Å². The van der Waals surface area contributed by atoms with Crippen molar-refractivity contribution in [3.8, 4) is 0 Å². The molecule has 15 heavy (non-hydrogen) atoms. The van der Waals surface area contributed by atoms with Gasteiger partial charge in [0.1, 0.15) is 0 Å². The van der Waals surface area contributed by atoms with Crippen molar-refractivity contribution in [1.82, 2.24) is 5.32 Å². The molecule has 0 radical (unpaired) electrons. The van der Waals surface area contributed by atoms with Gasteiger partial charge >= 0.3 is 0 Å². The molecule has 0 heterocycles. The maximum absolute atomic E-state index is 13.1. The SMILES string of the molecule is O=C(Cc1cccc(F)c1F)NCCCl. The minimum absolute atomic E-state index is 0.0436. The molecular weight excluding hydrogens is 224 g/mol. The van der Waals surface area contributed by atoms with Crippen molar-refractivity contribution in [2.24, 2.45) is 0 Å². The van der Waals surface area contributed by atoms with Gasteiger partial charge in [-0.15, -0.1) is 11.6 Å². The third kappa shape index (κ3) is 3.47. The number of amides is 1. The van der Waals surface area contributed by atoms with Crippen molar-refractivity contribution in [2.45, 2.75) is 6.42 Å². The number of alkyl halides is 1. The third-order valence-corrected chi connectivity index (χ3v) is 1.99. The zero-order valence-corrected chi connectivity index (χ0v) is 8.65. The van der Waals surface area contributed by atoms with Gasteiger partial charge in [-0.05, 0) is 6.07 Å². The van der Waals surface area contributed by atoms with Gasteiger partial charge in [-0.1, -0.05) is 12.1 Å². The molecular formula is C10H10ClF2NO. The number of carbonyl (C=O) groups excluding carboxylic acids is 1. The lowest BCUT2D eigenvalue weighted by atomic mass is 10.1. The molecule has 0 unspecified atom stereocenters. The Balaban J connectivity index is 2.64. The van der Waals surface area contributed by atoms with Crippen LogP contribution in [0.5, 0.6) is 0 Å². The van der Waals surface area contributed by atoms with Crippen LogP contribution in [-0.2, 0) is 11.2 Å². The molecule has 0 bridgehead atoms. The molecule has 0 aliphatic heterocycles. The number of hydrogen-bond donors (Lipinski definition) is 1. The molecule has 1 aromatic carbocycles. The highest BCUT2D eigenvalue weighted by atomic mass is 35.5. The smallest absolute Gasteiger partial charge is 0.224 e. The number of nitrogens with one attached hydrogen (secondary N) is 1. The van der Waals surface area contributed by atoms with Crippen LogP contribution >= 0.6 is 11.6 Å². The number of hydrogen-bond acceptors (Lipinski definition) is 1. The largest absolute Gasteiger partial charge is 0.355 e. The van der Waals surface area contributed by atoms with Crippen LogP contribution in [0.1, 0.15) is 5.56 Å². The first-order chi connectivity index (χ1) is 7.15. The number of halogens is 3. The normalized spacial score (nSPS) is 10.1. The van der Waals surface area contributed by atoms with Crippen molar-refractivity contribution >= 4 is 17.5 Å². The number of carbonyl (C=O) groups is 1. The Kier molecular flexibility index (Phi) is 4.49. The molecule has 0 saturated carbocycles. The van der Waals surface area contributed by atoms with Gasteiger partial charge < -0.3 is 5.32 Å². The van der Waals surface area contributed by atoms with Crippen LogP contribution in [0.3, 0.4) is 0 Å². The molecule has 0 fully saturated rings. The predicted octanol–water partition coefficient (Wildman–Crippen LogP) is 1.86. The van der Waals surface area contributed by atoms with Gasteiger partial charge in [-0.25, -0.2) is 8.78 Å². The van der Waals surface area contributed by atoms with Gasteiger partial charge in [0.15, 0.2) is 11.6 Å². The predicted molar refractivity (Wildman–Crippen MR) is 53.8 cm³/mol. The zero-order chi connectivity index (χ0) is 11.3. The average Bonchev–Trinajstić information content (AvgIpc) is 2.22. The van der Waals surface area contributed by atoms with E-state index in [1.54, 1.807) is 0 Å². The Labute approximate surface area is 91.2 Å². The summed E-state index contributed by atoms with van der Waals surface area (Å²) in [7, 11) is 0. The van der Waals surface area contributed by atoms with Gasteiger partial charge in [0.25, 0.3) is 0 Å². The standard InChI is InChI=1S/C10H10ClF2NO/c11-4-5-14-9(15)6-7-2-1-3-8(12)10(7)13/h1-3H,4-6H2,(H,14,15). The van der Waals surface area contributed by atoms with Crippen LogP contribution in [0.15, 0.2) is 18.2 Å². The van der Waals surface area contributed by atoms with Crippen molar-refractivity contribution in [3.05, 3.63) is 35.4 Å². The Morgan fingerprint density at radius 2 is 2.13 bits per heavy atom. The molecule has 0 aliphatic rings. The van der Waals surface area contributed by atoms with E-state index in [0.29, 0.717) is 6.54 Å². The summed E-state index contributed by atoms with van der Waals surface area (Å²) in [5, 5.41) is 2.47. The lowest BCUT2D eigenvalue weighted by Crippen LogP contribution is -2.27. The monoisotopic (exact) mass is 233 g/mol. The molecule has 0 atom stereocenters. The van der Waals surface area contributed by atoms with Crippen molar-refractivity contribution < 1.29 is 13.6 Å². The van der Waals surface area contributed by atoms with Gasteiger partial charge in [0.05, 0.1) is 6.42 Å². The van der Waals surface area contributed by atoms with Crippen molar-refractivity contribution in [1.29, 1.82) is 0 Å². The fourth-order valence-electron chi connectivity index (χ4n) is 1.11. The van der Waals surface area contributed by atoms with Gasteiger partial charge in [-0.3, -0.25) is 4.79 Å². The maximum atomic E-state index is 13.1. The summed E-state index contributed by atoms with van der Waals surface area (Å²) in [5.74, 6) is -2.01. The van der Waals surface area contributed by atoms with Gasteiger partial charge in [-0.2, -0.15) is 0 Å². The van der Waals surface area contributed by atoms with Gasteiger partial charge in [0, 0.05) is 18.0 Å². The van der Waals surface area contributed by atoms with Crippen LogP contribution < -0.4 is 5.32 Å². The summed E-state index contributed by atoms with van der Waals surface area (Å²) in [6, 6.07) is 3.75. The second-order valence-corrected chi connectivity index (χ2v) is 3.31. The zero-order valence-electron chi connectivity index (χ0n) is 7.90. The van der Waals surface area contributed by atoms with Crippen LogP contribution in [0.4, 0.5) is 8.78 Å². The Bertz CT molecular complexity index is 357. The summed E-state index contributed by atoms with van der Waals surface area (Å²) in [5.41, 5.74) is 0.0436. The molecule has 1 aromatic rings. The van der Waals surface area contributed by atoms with Crippen LogP contribution in [0, 0.1) is 11.6 Å². The molecule has 5 heteroatoms. The quantitative estimate of drug-likeness (QED) is 0.791. The maximum Gasteiger partial charge on any atom is 0.224 e. The van der Waals surface area contributed by atoms with E-state index in [9.17, 15) is 13.6 Å². The van der Waals surface area contributed by atoms with Gasteiger partial charge in [0.2, 0.25) is 5.91 Å². The molecule has 0 spiro atoms. The van der Waals surface area contributed by atoms with E-state index in [0.717, 1.165) is 6.07 Å². The molecule has 0 aromatic heterocycles. The summed E-state index contributed by atoms with van der Waals surface area (Å²) in [6.45, 7) is 0.317. The van der Waals surface area contributed by atoms with E-state index in [1.807, 2.05) is 0 Å². The van der Waals surface area contributed by atoms with E-state index in [2.05, 4.69) is 5.32 Å². The fraction of sp³-hybridized carbons (Fsp3) is 0.300. The summed E-state index contributed by atoms with van der Waals surface area (Å²) in [6.07, 6.45) is -0.180. The topological polar surface area (TPSA) is 29.1 Å². The van der Waals surface area contributed by atoms with Crippen LogP contribution in [0.2, 0.25) is 0 Å². The Morgan fingerprint density at radius 3 is 2.80 bits per heavy atom. The van der Waals surface area contributed by atoms with E-state index in [4.69, 9.17) is 11.6 Å². The first-order valence-corrected chi connectivity index (χ1v) is 4.94. The molecule has 82 valence electrons.